The van der Waals surface area contributed by atoms with E-state index in [9.17, 15) is 24.3 Å². The fourth-order valence-corrected chi connectivity index (χ4v) is 3.10. The lowest BCUT2D eigenvalue weighted by atomic mass is 9.98. The molecule has 1 rings (SSSR count). The van der Waals surface area contributed by atoms with Gasteiger partial charge in [-0.15, -0.1) is 0 Å². The molecule has 0 aromatic heterocycles. The quantitative estimate of drug-likeness (QED) is 0.227. The largest absolute Gasteiger partial charge is 0.477 e. The number of hydrogen-bond donors (Lipinski definition) is 2. The van der Waals surface area contributed by atoms with Crippen LogP contribution in [0.1, 0.15) is 74.3 Å². The van der Waals surface area contributed by atoms with Crippen LogP contribution in [0.25, 0.3) is 0 Å². The van der Waals surface area contributed by atoms with Gasteiger partial charge in [0.05, 0.1) is 11.8 Å². The monoisotopic (exact) mass is 507 g/mol. The molecular weight excluding hydrogens is 466 g/mol. The van der Waals surface area contributed by atoms with Crippen molar-refractivity contribution >= 4 is 23.9 Å². The fraction of sp³-hybridized carbons (Fsp3) is 0.630. The number of benzene rings is 1. The Morgan fingerprint density at radius 1 is 0.889 bits per heavy atom. The van der Waals surface area contributed by atoms with Gasteiger partial charge in [-0.25, -0.2) is 4.79 Å². The zero-order valence-corrected chi connectivity index (χ0v) is 22.8. The molecule has 4 atom stereocenters. The van der Waals surface area contributed by atoms with E-state index in [0.717, 1.165) is 6.92 Å². The van der Waals surface area contributed by atoms with Crippen LogP contribution in [0.4, 0.5) is 0 Å². The number of nitrogens with one attached hydrogen (secondary N) is 1. The van der Waals surface area contributed by atoms with E-state index in [1.165, 1.54) is 12.1 Å². The van der Waals surface area contributed by atoms with Crippen LogP contribution in [0, 0.1) is 23.7 Å². The van der Waals surface area contributed by atoms with Crippen molar-refractivity contribution in [3.8, 4) is 11.5 Å². The van der Waals surface area contributed by atoms with Crippen LogP contribution < -0.4 is 14.8 Å². The van der Waals surface area contributed by atoms with Crippen LogP contribution in [0.5, 0.6) is 11.5 Å². The second-order valence-electron chi connectivity index (χ2n) is 10.0. The van der Waals surface area contributed by atoms with Gasteiger partial charge in [0.15, 0.2) is 11.5 Å². The lowest BCUT2D eigenvalue weighted by molar-refractivity contribution is -0.183. The Kier molecular flexibility index (Phi) is 11.6. The van der Waals surface area contributed by atoms with Crippen molar-refractivity contribution in [2.24, 2.45) is 23.7 Å². The number of esters is 3. The summed E-state index contributed by atoms with van der Waals surface area (Å²) in [6, 6.07) is 4.16. The molecule has 9 heteroatoms. The van der Waals surface area contributed by atoms with Crippen molar-refractivity contribution in [3.63, 3.8) is 0 Å². The lowest BCUT2D eigenvalue weighted by Gasteiger charge is -2.32. The molecule has 0 heterocycles. The zero-order valence-electron chi connectivity index (χ0n) is 22.8. The number of carboxylic acids is 1. The second-order valence-corrected chi connectivity index (χ2v) is 10.0. The van der Waals surface area contributed by atoms with E-state index < -0.39 is 41.4 Å². The highest BCUT2D eigenvalue weighted by Crippen LogP contribution is 2.33. The van der Waals surface area contributed by atoms with Gasteiger partial charge in [0.2, 0.25) is 0 Å². The van der Waals surface area contributed by atoms with E-state index in [-0.39, 0.29) is 35.8 Å². The third-order valence-corrected chi connectivity index (χ3v) is 6.38. The van der Waals surface area contributed by atoms with E-state index in [0.29, 0.717) is 12.0 Å². The number of carbonyl (C=O) groups is 4. The Labute approximate surface area is 213 Å². The highest BCUT2D eigenvalue weighted by molar-refractivity contribution is 5.82. The molecule has 0 radical (unpaired) electrons. The maximum Gasteiger partial charge on any atom is 0.364 e. The molecule has 0 aliphatic heterocycles. The Morgan fingerprint density at radius 3 is 1.81 bits per heavy atom. The van der Waals surface area contributed by atoms with Gasteiger partial charge in [0, 0.05) is 19.4 Å². The van der Waals surface area contributed by atoms with Crippen LogP contribution in [-0.4, -0.2) is 40.8 Å². The Balaban J connectivity index is 3.50. The van der Waals surface area contributed by atoms with Crippen molar-refractivity contribution in [1.82, 2.24) is 5.32 Å². The summed E-state index contributed by atoms with van der Waals surface area (Å²) < 4.78 is 16.4. The summed E-state index contributed by atoms with van der Waals surface area (Å²) in [7, 11) is 0. The summed E-state index contributed by atoms with van der Waals surface area (Å²) in [6.07, 6.45) is 0.336. The van der Waals surface area contributed by atoms with Crippen LogP contribution in [0.15, 0.2) is 18.2 Å². The molecule has 0 bridgehead atoms. The molecule has 36 heavy (non-hydrogen) atoms. The number of aliphatic carboxylic acids is 1. The predicted molar refractivity (Wildman–Crippen MR) is 134 cm³/mol. The summed E-state index contributed by atoms with van der Waals surface area (Å²) in [5, 5.41) is 12.9. The van der Waals surface area contributed by atoms with Crippen molar-refractivity contribution in [2.75, 3.05) is 0 Å². The first-order valence-electron chi connectivity index (χ1n) is 12.4. The van der Waals surface area contributed by atoms with Crippen LogP contribution in [-0.2, 0) is 30.3 Å². The fourth-order valence-electron chi connectivity index (χ4n) is 3.10. The number of carbonyl (C=O) groups excluding carboxylic acids is 3. The molecule has 2 N–H and O–H groups in total. The van der Waals surface area contributed by atoms with Gasteiger partial charge in [0.25, 0.3) is 5.72 Å². The van der Waals surface area contributed by atoms with E-state index in [1.54, 1.807) is 26.8 Å². The highest BCUT2D eigenvalue weighted by atomic mass is 16.6. The average molecular weight is 508 g/mol. The minimum atomic E-state index is -2.04. The third-order valence-electron chi connectivity index (χ3n) is 6.38. The Bertz CT molecular complexity index is 942. The molecule has 0 saturated carbocycles. The van der Waals surface area contributed by atoms with Crippen molar-refractivity contribution in [2.45, 2.75) is 86.9 Å². The maximum absolute atomic E-state index is 12.7. The maximum atomic E-state index is 12.7. The van der Waals surface area contributed by atoms with E-state index >= 15 is 0 Å². The first-order chi connectivity index (χ1) is 16.6. The molecular formula is C27H41NO8. The van der Waals surface area contributed by atoms with Crippen LogP contribution in [0.2, 0.25) is 0 Å². The number of hydrogen-bond acceptors (Lipinski definition) is 8. The van der Waals surface area contributed by atoms with E-state index in [1.807, 2.05) is 34.6 Å². The molecule has 3 unspecified atom stereocenters. The van der Waals surface area contributed by atoms with Gasteiger partial charge in [0.1, 0.15) is 0 Å². The normalized spacial score (nSPS) is 15.5. The number of ether oxygens (including phenoxy) is 3. The minimum Gasteiger partial charge on any atom is -0.477 e. The standard InChI is InChI=1S/C27H41NO8/c1-10-17(6)28-27(26(32)33,36-20(9)29)14-21-11-12-22(34-24(30)18(7)15(2)3)23(13-21)35-25(31)19(8)16(4)5/h11-13,15-19,28H,10,14H2,1-9H3,(H,32,33)/t17?,18?,19?,27-/m0/s1. The molecule has 0 aliphatic rings. The van der Waals surface area contributed by atoms with Gasteiger partial charge in [-0.1, -0.05) is 54.5 Å². The predicted octanol–water partition coefficient (Wildman–Crippen LogP) is 4.36. The van der Waals surface area contributed by atoms with Gasteiger partial charge < -0.3 is 19.3 Å². The molecule has 1 aromatic rings. The van der Waals surface area contributed by atoms with E-state index in [4.69, 9.17) is 14.2 Å². The number of carboxylic acid groups (broad SMARTS) is 1. The topological polar surface area (TPSA) is 128 Å². The molecule has 9 nitrogen and oxygen atoms in total. The van der Waals surface area contributed by atoms with Crippen molar-refractivity contribution < 1.29 is 38.5 Å². The van der Waals surface area contributed by atoms with Crippen molar-refractivity contribution in [3.05, 3.63) is 23.8 Å². The first kappa shape index (κ1) is 31.1. The second kappa shape index (κ2) is 13.4. The Hall–Kier alpha value is -2.94. The molecule has 0 saturated heterocycles. The van der Waals surface area contributed by atoms with Gasteiger partial charge >= 0.3 is 23.9 Å². The van der Waals surface area contributed by atoms with Gasteiger partial charge in [-0.05, 0) is 42.9 Å². The summed E-state index contributed by atoms with van der Waals surface area (Å²) in [4.78, 5) is 49.4. The minimum absolute atomic E-state index is 0.0102. The molecule has 0 aliphatic carbocycles. The van der Waals surface area contributed by atoms with Crippen molar-refractivity contribution in [1.29, 1.82) is 0 Å². The molecule has 0 amide bonds. The summed E-state index contributed by atoms with van der Waals surface area (Å²) >= 11 is 0. The zero-order chi connectivity index (χ0) is 27.8. The molecule has 202 valence electrons. The average Bonchev–Trinajstić information content (AvgIpc) is 2.78. The first-order valence-corrected chi connectivity index (χ1v) is 12.4. The summed E-state index contributed by atoms with van der Waals surface area (Å²) in [5.74, 6) is -3.88. The molecule has 1 aromatic carbocycles. The Morgan fingerprint density at radius 2 is 1.39 bits per heavy atom. The van der Waals surface area contributed by atoms with Crippen LogP contribution >= 0.6 is 0 Å². The summed E-state index contributed by atoms with van der Waals surface area (Å²) in [6.45, 7) is 15.8. The van der Waals surface area contributed by atoms with Gasteiger partial charge in [-0.3, -0.25) is 19.7 Å². The van der Waals surface area contributed by atoms with Gasteiger partial charge in [-0.2, -0.15) is 0 Å². The molecule has 0 spiro atoms. The lowest BCUT2D eigenvalue weighted by Crippen LogP contribution is -2.59. The highest BCUT2D eigenvalue weighted by Gasteiger charge is 2.43. The van der Waals surface area contributed by atoms with E-state index in [2.05, 4.69) is 5.32 Å². The number of rotatable bonds is 13. The SMILES string of the molecule is CCC(C)N[C@@](Cc1ccc(OC(=O)C(C)C(C)C)c(OC(=O)C(C)C(C)C)c1)(OC(C)=O)C(=O)O. The summed E-state index contributed by atoms with van der Waals surface area (Å²) in [5.41, 5.74) is -1.65. The smallest absolute Gasteiger partial charge is 0.364 e. The van der Waals surface area contributed by atoms with Crippen LogP contribution in [0.3, 0.4) is 0 Å². The molecule has 0 fully saturated rings. The third kappa shape index (κ3) is 8.62.